The average Bonchev–Trinajstić information content (AvgIpc) is 3.08. The highest BCUT2D eigenvalue weighted by molar-refractivity contribution is 8.14. The van der Waals surface area contributed by atoms with Gasteiger partial charge < -0.3 is 25.4 Å². The van der Waals surface area contributed by atoms with Crippen molar-refractivity contribution in [1.82, 2.24) is 15.1 Å². The number of carbonyl (C=O) groups excluding carboxylic acids is 4. The summed E-state index contributed by atoms with van der Waals surface area (Å²) in [5.74, 6) is -0.714. The minimum absolute atomic E-state index is 0.0288. The summed E-state index contributed by atoms with van der Waals surface area (Å²) < 4.78 is 11.2. The number of nitrogens with zero attached hydrogens (tertiary/aromatic N) is 2. The molecule has 0 aliphatic carbocycles. The summed E-state index contributed by atoms with van der Waals surface area (Å²) in [5.41, 5.74) is 4.68. The Balaban J connectivity index is 2.18. The number of amides is 4. The molecule has 2 aliphatic rings. The van der Waals surface area contributed by atoms with E-state index in [9.17, 15) is 19.2 Å². The van der Waals surface area contributed by atoms with Crippen molar-refractivity contribution in [2.45, 2.75) is 102 Å². The van der Waals surface area contributed by atoms with Crippen LogP contribution in [0.15, 0.2) is 0 Å². The largest absolute Gasteiger partial charge is 0.444 e. The van der Waals surface area contributed by atoms with Gasteiger partial charge >= 0.3 is 6.09 Å². The van der Waals surface area contributed by atoms with Gasteiger partial charge in [-0.2, -0.15) is 0 Å². The van der Waals surface area contributed by atoms with E-state index in [1.807, 2.05) is 6.92 Å². The molecule has 188 valence electrons. The van der Waals surface area contributed by atoms with E-state index in [1.165, 1.54) is 11.9 Å². The van der Waals surface area contributed by atoms with E-state index in [0.29, 0.717) is 19.4 Å². The van der Waals surface area contributed by atoms with E-state index in [0.717, 1.165) is 31.0 Å². The van der Waals surface area contributed by atoms with Gasteiger partial charge in [-0.3, -0.25) is 19.3 Å². The number of fused-ring (bicyclic) bond motifs is 1. The summed E-state index contributed by atoms with van der Waals surface area (Å²) in [6, 6.07) is -1.71. The molecule has 2 rings (SSSR count). The Kier molecular flexibility index (Phi) is 9.42. The van der Waals surface area contributed by atoms with Crippen LogP contribution >= 0.6 is 11.8 Å². The number of hydrogen-bond acceptors (Lipinski definition) is 7. The fourth-order valence-corrected chi connectivity index (χ4v) is 5.12. The Morgan fingerprint density at radius 2 is 1.88 bits per heavy atom. The summed E-state index contributed by atoms with van der Waals surface area (Å²) in [7, 11) is 1.48. The first-order valence-corrected chi connectivity index (χ1v) is 12.4. The number of nitrogens with two attached hydrogens (primary N) is 1. The molecule has 5 atom stereocenters. The van der Waals surface area contributed by atoms with E-state index in [1.54, 1.807) is 32.6 Å². The van der Waals surface area contributed by atoms with Crippen LogP contribution in [-0.4, -0.2) is 81.8 Å². The SMILES string of the molecule is CCO[C@@H]1CC[C@@H]2CC[C@H](SC(N)=O)N2C(=O)[C@@H](NC(=O)[C@H](C)N(C)C(=O)OC(C)(C)C)C1. The number of ether oxygens (including phenoxy) is 2. The fourth-order valence-electron chi connectivity index (χ4n) is 4.21. The van der Waals surface area contributed by atoms with Gasteiger partial charge in [-0.05, 0) is 72.1 Å². The van der Waals surface area contributed by atoms with Crippen LogP contribution in [0.5, 0.6) is 0 Å². The molecule has 0 unspecified atom stereocenters. The van der Waals surface area contributed by atoms with Crippen LogP contribution in [0.25, 0.3) is 0 Å². The Morgan fingerprint density at radius 1 is 1.24 bits per heavy atom. The lowest BCUT2D eigenvalue weighted by Gasteiger charge is -2.37. The van der Waals surface area contributed by atoms with E-state index in [-0.39, 0.29) is 23.4 Å². The molecular weight excluding hydrogens is 448 g/mol. The maximum atomic E-state index is 13.6. The number of rotatable bonds is 6. The van der Waals surface area contributed by atoms with E-state index in [4.69, 9.17) is 15.2 Å². The summed E-state index contributed by atoms with van der Waals surface area (Å²) in [4.78, 5) is 53.4. The molecule has 4 amide bonds. The Hall–Kier alpha value is -2.01. The normalized spacial score (nSPS) is 26.6. The van der Waals surface area contributed by atoms with Crippen LogP contribution in [0.2, 0.25) is 0 Å². The van der Waals surface area contributed by atoms with Gasteiger partial charge in [0, 0.05) is 26.1 Å². The van der Waals surface area contributed by atoms with Crippen molar-refractivity contribution >= 4 is 34.9 Å². The zero-order valence-corrected chi connectivity index (χ0v) is 21.3. The van der Waals surface area contributed by atoms with Crippen molar-refractivity contribution in [3.63, 3.8) is 0 Å². The summed E-state index contributed by atoms with van der Waals surface area (Å²) in [6.07, 6.45) is 2.47. The van der Waals surface area contributed by atoms with Crippen LogP contribution < -0.4 is 11.1 Å². The molecule has 0 saturated carbocycles. The molecule has 0 aromatic rings. The molecule has 2 saturated heterocycles. The maximum absolute atomic E-state index is 13.6. The highest BCUT2D eigenvalue weighted by atomic mass is 32.2. The van der Waals surface area contributed by atoms with Gasteiger partial charge in [-0.1, -0.05) is 0 Å². The lowest BCUT2D eigenvalue weighted by molar-refractivity contribution is -0.141. The zero-order valence-electron chi connectivity index (χ0n) is 20.5. The van der Waals surface area contributed by atoms with E-state index < -0.39 is 34.9 Å². The predicted octanol–water partition coefficient (Wildman–Crippen LogP) is 2.44. The second kappa shape index (κ2) is 11.4. The van der Waals surface area contributed by atoms with Gasteiger partial charge in [0.1, 0.15) is 17.7 Å². The van der Waals surface area contributed by atoms with Gasteiger partial charge in [0.05, 0.1) is 11.5 Å². The first kappa shape index (κ1) is 27.2. The highest BCUT2D eigenvalue weighted by Gasteiger charge is 2.44. The van der Waals surface area contributed by atoms with Crippen molar-refractivity contribution in [3.8, 4) is 0 Å². The number of carbonyl (C=O) groups is 4. The van der Waals surface area contributed by atoms with Crippen LogP contribution in [0.1, 0.15) is 66.7 Å². The van der Waals surface area contributed by atoms with Crippen LogP contribution in [0, 0.1) is 0 Å². The van der Waals surface area contributed by atoms with E-state index >= 15 is 0 Å². The molecule has 0 aromatic heterocycles. The third-order valence-corrected chi connectivity index (χ3v) is 6.90. The molecular formula is C22H38N4O6S. The number of thioether (sulfide) groups is 1. The molecule has 0 aromatic carbocycles. The maximum Gasteiger partial charge on any atom is 0.410 e. The van der Waals surface area contributed by atoms with Crippen molar-refractivity contribution in [2.75, 3.05) is 13.7 Å². The number of hydrogen-bond donors (Lipinski definition) is 2. The molecule has 2 heterocycles. The molecule has 2 aliphatic heterocycles. The third-order valence-electron chi connectivity index (χ3n) is 5.94. The Morgan fingerprint density at radius 3 is 2.45 bits per heavy atom. The topological polar surface area (TPSA) is 131 Å². The van der Waals surface area contributed by atoms with Crippen molar-refractivity contribution in [2.24, 2.45) is 5.73 Å². The molecule has 3 N–H and O–H groups in total. The van der Waals surface area contributed by atoms with Crippen molar-refractivity contribution in [1.29, 1.82) is 0 Å². The Bertz CT molecular complexity index is 743. The zero-order chi connectivity index (χ0) is 24.9. The van der Waals surface area contributed by atoms with Crippen LogP contribution in [0.4, 0.5) is 9.59 Å². The summed E-state index contributed by atoms with van der Waals surface area (Å²) in [5, 5.41) is 1.95. The molecule has 10 nitrogen and oxygen atoms in total. The third kappa shape index (κ3) is 7.49. The highest BCUT2D eigenvalue weighted by Crippen LogP contribution is 2.36. The van der Waals surface area contributed by atoms with Gasteiger partial charge in [-0.15, -0.1) is 0 Å². The van der Waals surface area contributed by atoms with Crippen LogP contribution in [-0.2, 0) is 19.1 Å². The first-order valence-electron chi connectivity index (χ1n) is 11.5. The Labute approximate surface area is 200 Å². The quantitative estimate of drug-likeness (QED) is 0.589. The lowest BCUT2D eigenvalue weighted by atomic mass is 9.96. The van der Waals surface area contributed by atoms with E-state index in [2.05, 4.69) is 5.32 Å². The number of primary amides is 1. The smallest absolute Gasteiger partial charge is 0.410 e. The second-order valence-corrected chi connectivity index (χ2v) is 10.8. The van der Waals surface area contributed by atoms with Gasteiger partial charge in [0.2, 0.25) is 11.8 Å². The summed E-state index contributed by atoms with van der Waals surface area (Å²) >= 11 is 0.950. The average molecular weight is 487 g/mol. The summed E-state index contributed by atoms with van der Waals surface area (Å²) in [6.45, 7) is 9.23. The van der Waals surface area contributed by atoms with Gasteiger partial charge in [0.15, 0.2) is 0 Å². The number of likely N-dealkylation sites (N-methyl/N-ethyl adjacent to an activating group) is 1. The molecule has 11 heteroatoms. The monoisotopic (exact) mass is 486 g/mol. The van der Waals surface area contributed by atoms with Gasteiger partial charge in [-0.25, -0.2) is 4.79 Å². The second-order valence-electron chi connectivity index (χ2n) is 9.59. The molecule has 0 spiro atoms. The minimum Gasteiger partial charge on any atom is -0.444 e. The predicted molar refractivity (Wildman–Crippen MR) is 125 cm³/mol. The molecule has 33 heavy (non-hydrogen) atoms. The molecule has 2 fully saturated rings. The molecule has 0 bridgehead atoms. The lowest BCUT2D eigenvalue weighted by Crippen LogP contribution is -2.57. The fraction of sp³-hybridized carbons (Fsp3) is 0.818. The van der Waals surface area contributed by atoms with Crippen molar-refractivity contribution < 1.29 is 28.7 Å². The minimum atomic E-state index is -0.853. The molecule has 0 radical (unpaired) electrons. The van der Waals surface area contributed by atoms with Crippen molar-refractivity contribution in [3.05, 3.63) is 0 Å². The number of nitrogens with one attached hydrogen (secondary N) is 1. The van der Waals surface area contributed by atoms with Crippen LogP contribution in [0.3, 0.4) is 0 Å². The standard InChI is InChI=1S/C22H38N4O6S/c1-7-31-15-10-8-14-9-11-17(33-20(23)29)26(14)19(28)16(12-15)24-18(27)13(2)25(6)21(30)32-22(3,4)5/h13-17H,7-12H2,1-6H3,(H2,23,29)(H,24,27)/t13-,14+,15+,16-,17-/m0/s1. The van der Waals surface area contributed by atoms with Gasteiger partial charge in [0.25, 0.3) is 5.24 Å². The first-order chi connectivity index (χ1) is 15.3.